The molecule has 1 fully saturated rings. The molecule has 1 aliphatic heterocycles. The van der Waals surface area contributed by atoms with Gasteiger partial charge < -0.3 is 5.11 Å². The number of benzene rings is 2. The van der Waals surface area contributed by atoms with Crippen molar-refractivity contribution in [2.45, 2.75) is 56.8 Å². The number of hydrogen-bond donors (Lipinski definition) is 1. The second-order valence-electron chi connectivity index (χ2n) is 9.08. The third kappa shape index (κ3) is 6.55. The van der Waals surface area contributed by atoms with Crippen LogP contribution in [-0.4, -0.2) is 60.4 Å². The van der Waals surface area contributed by atoms with Crippen molar-refractivity contribution in [2.75, 3.05) is 19.6 Å². The summed E-state index contributed by atoms with van der Waals surface area (Å²) in [5, 5.41) is 8.75. The van der Waals surface area contributed by atoms with Crippen molar-refractivity contribution in [2.24, 2.45) is 0 Å². The average molecular weight is 533 g/mol. The van der Waals surface area contributed by atoms with Crippen molar-refractivity contribution in [3.05, 3.63) is 63.7 Å². The minimum absolute atomic E-state index is 0.0697. The lowest BCUT2D eigenvalue weighted by molar-refractivity contribution is -0.138. The minimum Gasteiger partial charge on any atom is -0.481 e. The second kappa shape index (κ2) is 10.5. The van der Waals surface area contributed by atoms with Crippen molar-refractivity contribution in [3.63, 3.8) is 0 Å². The summed E-state index contributed by atoms with van der Waals surface area (Å²) in [4.78, 5) is 13.3. The Bertz CT molecular complexity index is 1190. The van der Waals surface area contributed by atoms with Crippen molar-refractivity contribution >= 4 is 27.6 Å². The maximum absolute atomic E-state index is 13.5. The van der Waals surface area contributed by atoms with Crippen molar-refractivity contribution in [1.82, 2.24) is 9.21 Å². The molecule has 1 aliphatic rings. The number of halogens is 4. The summed E-state index contributed by atoms with van der Waals surface area (Å²) in [6.07, 6.45) is -4.30. The van der Waals surface area contributed by atoms with Crippen LogP contribution in [0.5, 0.6) is 0 Å². The standard InChI is InChI=1S/C24H28ClF3N2O4S/c1-15-8-19(12-23(31)32)10-20(9-15)35(33,34)30-16(2)13-29(14-17(30)3)7-6-18-4-5-21(22(25)11-18)24(26,27)28/h4-5,8-11,16-17H,6-7,12-14H2,1-3H3,(H,31,32)/t16-,17+. The molecule has 0 saturated carbocycles. The number of carboxylic acid groups (broad SMARTS) is 1. The van der Waals surface area contributed by atoms with E-state index in [9.17, 15) is 26.4 Å². The number of nitrogens with zero attached hydrogens (tertiary/aromatic N) is 2. The lowest BCUT2D eigenvalue weighted by Crippen LogP contribution is -2.58. The number of carbonyl (C=O) groups is 1. The number of sulfonamides is 1. The Kier molecular flexibility index (Phi) is 8.20. The van der Waals surface area contributed by atoms with Crippen LogP contribution in [0.25, 0.3) is 0 Å². The van der Waals surface area contributed by atoms with Crippen molar-refractivity contribution in [1.29, 1.82) is 0 Å². The lowest BCUT2D eigenvalue weighted by atomic mass is 10.1. The molecular formula is C24H28ClF3N2O4S. The van der Waals surface area contributed by atoms with Gasteiger partial charge in [-0.25, -0.2) is 8.42 Å². The predicted molar refractivity (Wildman–Crippen MR) is 127 cm³/mol. The first-order valence-electron chi connectivity index (χ1n) is 11.1. The highest BCUT2D eigenvalue weighted by atomic mass is 35.5. The summed E-state index contributed by atoms with van der Waals surface area (Å²) in [7, 11) is -3.87. The van der Waals surface area contributed by atoms with Gasteiger partial charge in [-0.2, -0.15) is 17.5 Å². The molecule has 1 saturated heterocycles. The van der Waals surface area contributed by atoms with E-state index in [2.05, 4.69) is 4.90 Å². The average Bonchev–Trinajstić information content (AvgIpc) is 2.69. The van der Waals surface area contributed by atoms with E-state index in [1.54, 1.807) is 19.1 Å². The zero-order valence-corrected chi connectivity index (χ0v) is 21.2. The van der Waals surface area contributed by atoms with Crippen LogP contribution >= 0.6 is 11.6 Å². The van der Waals surface area contributed by atoms with Crippen LogP contribution < -0.4 is 0 Å². The molecule has 2 aromatic rings. The molecule has 1 heterocycles. The molecule has 0 bridgehead atoms. The Hall–Kier alpha value is -2.14. The highest BCUT2D eigenvalue weighted by molar-refractivity contribution is 7.89. The van der Waals surface area contributed by atoms with E-state index in [0.29, 0.717) is 42.7 Å². The quantitative estimate of drug-likeness (QED) is 0.563. The number of aliphatic carboxylic acids is 1. The van der Waals surface area contributed by atoms with Crippen LogP contribution in [0.1, 0.15) is 36.1 Å². The van der Waals surface area contributed by atoms with E-state index in [-0.39, 0.29) is 28.4 Å². The molecule has 0 aliphatic carbocycles. The Morgan fingerprint density at radius 2 is 1.71 bits per heavy atom. The highest BCUT2D eigenvalue weighted by Crippen LogP contribution is 2.35. The van der Waals surface area contributed by atoms with Crippen molar-refractivity contribution in [3.8, 4) is 0 Å². The van der Waals surface area contributed by atoms with E-state index in [1.807, 2.05) is 13.8 Å². The molecule has 11 heteroatoms. The summed E-state index contributed by atoms with van der Waals surface area (Å²) in [5.74, 6) is -1.04. The van der Waals surface area contributed by atoms with E-state index in [1.165, 1.54) is 22.5 Å². The molecule has 2 atom stereocenters. The van der Waals surface area contributed by atoms with Crippen LogP contribution in [-0.2, 0) is 33.8 Å². The molecule has 0 radical (unpaired) electrons. The van der Waals surface area contributed by atoms with Gasteiger partial charge in [0.25, 0.3) is 0 Å². The maximum atomic E-state index is 13.5. The van der Waals surface area contributed by atoms with E-state index >= 15 is 0 Å². The van der Waals surface area contributed by atoms with Gasteiger partial charge in [0.05, 0.1) is 21.9 Å². The van der Waals surface area contributed by atoms with Crippen LogP contribution in [0.2, 0.25) is 5.02 Å². The third-order valence-corrected chi connectivity index (χ3v) is 8.43. The monoisotopic (exact) mass is 532 g/mol. The number of alkyl halides is 3. The highest BCUT2D eigenvalue weighted by Gasteiger charge is 2.38. The van der Waals surface area contributed by atoms with Crippen LogP contribution in [0, 0.1) is 6.92 Å². The number of rotatable bonds is 7. The number of aryl methyl sites for hydroxylation is 1. The normalized spacial score (nSPS) is 20.2. The Morgan fingerprint density at radius 1 is 1.09 bits per heavy atom. The summed E-state index contributed by atoms with van der Waals surface area (Å²) < 4.78 is 67.2. The largest absolute Gasteiger partial charge is 0.481 e. The molecule has 0 aromatic heterocycles. The minimum atomic E-state index is -4.51. The van der Waals surface area contributed by atoms with Crippen LogP contribution in [0.3, 0.4) is 0 Å². The van der Waals surface area contributed by atoms with Gasteiger partial charge in [-0.05, 0) is 68.1 Å². The van der Waals surface area contributed by atoms with Gasteiger partial charge in [0.2, 0.25) is 10.0 Å². The molecule has 0 spiro atoms. The fourth-order valence-corrected chi connectivity index (χ4v) is 6.95. The molecule has 35 heavy (non-hydrogen) atoms. The Labute approximate surface area is 208 Å². The van der Waals surface area contributed by atoms with Crippen LogP contribution in [0.15, 0.2) is 41.3 Å². The first-order valence-corrected chi connectivity index (χ1v) is 12.9. The van der Waals surface area contributed by atoms with Gasteiger partial charge in [0.1, 0.15) is 0 Å². The smallest absolute Gasteiger partial charge is 0.417 e. The Morgan fingerprint density at radius 3 is 2.26 bits per heavy atom. The summed E-state index contributed by atoms with van der Waals surface area (Å²) in [6.45, 7) is 6.78. The van der Waals surface area contributed by atoms with Gasteiger partial charge >= 0.3 is 12.1 Å². The third-order valence-electron chi connectivity index (χ3n) is 6.01. The van der Waals surface area contributed by atoms with Gasteiger partial charge in [-0.1, -0.05) is 23.7 Å². The molecule has 3 rings (SSSR count). The van der Waals surface area contributed by atoms with E-state index in [4.69, 9.17) is 16.7 Å². The second-order valence-corrected chi connectivity index (χ2v) is 11.3. The fraction of sp³-hybridized carbons (Fsp3) is 0.458. The molecular weight excluding hydrogens is 505 g/mol. The summed E-state index contributed by atoms with van der Waals surface area (Å²) in [5.41, 5.74) is 0.886. The molecule has 2 aromatic carbocycles. The molecule has 1 N–H and O–H groups in total. The van der Waals surface area contributed by atoms with Gasteiger partial charge in [-0.15, -0.1) is 0 Å². The molecule has 0 amide bonds. The van der Waals surface area contributed by atoms with Crippen molar-refractivity contribution < 1.29 is 31.5 Å². The van der Waals surface area contributed by atoms with E-state index in [0.717, 1.165) is 6.07 Å². The first kappa shape index (κ1) is 27.4. The number of carboxylic acids is 1. The predicted octanol–water partition coefficient (Wildman–Crippen LogP) is 4.62. The number of hydrogen-bond acceptors (Lipinski definition) is 4. The van der Waals surface area contributed by atoms with Gasteiger partial charge in [0, 0.05) is 31.7 Å². The topological polar surface area (TPSA) is 77.9 Å². The first-order chi connectivity index (χ1) is 16.2. The zero-order chi connectivity index (χ0) is 26.1. The Balaban J connectivity index is 1.71. The lowest BCUT2D eigenvalue weighted by Gasteiger charge is -2.43. The van der Waals surface area contributed by atoms with Gasteiger partial charge in [0.15, 0.2) is 0 Å². The fourth-order valence-electron chi connectivity index (χ4n) is 4.68. The molecule has 192 valence electrons. The van der Waals surface area contributed by atoms with E-state index < -0.39 is 27.7 Å². The van der Waals surface area contributed by atoms with Crippen LogP contribution in [0.4, 0.5) is 13.2 Å². The zero-order valence-electron chi connectivity index (χ0n) is 19.6. The number of piperazine rings is 1. The molecule has 0 unspecified atom stereocenters. The summed E-state index contributed by atoms with van der Waals surface area (Å²) >= 11 is 5.82. The summed E-state index contributed by atoms with van der Waals surface area (Å²) in [6, 6.07) is 7.61. The SMILES string of the molecule is Cc1cc(CC(=O)O)cc(S(=O)(=O)N2[C@H](C)CN(CCc3ccc(C(F)(F)F)c(Cl)c3)C[C@@H]2C)c1. The van der Waals surface area contributed by atoms with Gasteiger partial charge in [-0.3, -0.25) is 9.69 Å². The maximum Gasteiger partial charge on any atom is 0.417 e. The molecule has 6 nitrogen and oxygen atoms in total.